The first kappa shape index (κ1) is 11.7. The Bertz CT molecular complexity index is 181. The topological polar surface area (TPSA) is 23.5 Å². The molecule has 1 aliphatic heterocycles. The van der Waals surface area contributed by atoms with Crippen LogP contribution in [-0.2, 0) is 0 Å². The Kier molecular flexibility index (Phi) is 4.63. The molecule has 1 heterocycles. The fraction of sp³-hybridized carbons (Fsp3) is 0.833. The number of piperidine rings is 1. The lowest BCUT2D eigenvalue weighted by Crippen LogP contribution is -2.37. The van der Waals surface area contributed by atoms with Crippen molar-refractivity contribution in [2.24, 2.45) is 5.92 Å². The van der Waals surface area contributed by atoms with Crippen molar-refractivity contribution in [1.29, 1.82) is 0 Å². The molecule has 1 saturated heterocycles. The van der Waals surface area contributed by atoms with Gasteiger partial charge in [-0.05, 0) is 52.1 Å². The molecule has 0 aromatic carbocycles. The van der Waals surface area contributed by atoms with Gasteiger partial charge in [-0.3, -0.25) is 0 Å². The smallest absolute Gasteiger partial charge is 0.0541 e. The lowest BCUT2D eigenvalue weighted by atomic mass is 9.92. The van der Waals surface area contributed by atoms with Crippen LogP contribution in [0.25, 0.3) is 0 Å². The Labute approximate surface area is 87.6 Å². The Morgan fingerprint density at radius 2 is 2.07 bits per heavy atom. The SMILES string of the molecule is C=C(C)CCN1CCC(C(C)O)CC1. The van der Waals surface area contributed by atoms with Crippen molar-refractivity contribution in [2.45, 2.75) is 39.2 Å². The third kappa shape index (κ3) is 3.81. The van der Waals surface area contributed by atoms with Crippen molar-refractivity contribution in [3.8, 4) is 0 Å². The standard InChI is InChI=1S/C12H23NO/c1-10(2)4-7-13-8-5-12(6-9-13)11(3)14/h11-12,14H,1,4-9H2,2-3H3. The fourth-order valence-electron chi connectivity index (χ4n) is 2.01. The summed E-state index contributed by atoms with van der Waals surface area (Å²) in [6.45, 7) is 11.3. The van der Waals surface area contributed by atoms with Crippen LogP contribution in [0.1, 0.15) is 33.1 Å². The summed E-state index contributed by atoms with van der Waals surface area (Å²) in [5, 5.41) is 9.45. The van der Waals surface area contributed by atoms with E-state index in [1.807, 2.05) is 6.92 Å². The number of aliphatic hydroxyl groups is 1. The van der Waals surface area contributed by atoms with Gasteiger partial charge in [-0.2, -0.15) is 0 Å². The highest BCUT2D eigenvalue weighted by Crippen LogP contribution is 2.20. The quantitative estimate of drug-likeness (QED) is 0.697. The second kappa shape index (κ2) is 5.52. The summed E-state index contributed by atoms with van der Waals surface area (Å²) >= 11 is 0. The number of rotatable bonds is 4. The van der Waals surface area contributed by atoms with E-state index < -0.39 is 0 Å². The number of nitrogens with zero attached hydrogens (tertiary/aromatic N) is 1. The van der Waals surface area contributed by atoms with Gasteiger partial charge in [0.15, 0.2) is 0 Å². The maximum absolute atomic E-state index is 9.45. The van der Waals surface area contributed by atoms with Crippen LogP contribution < -0.4 is 0 Å². The molecule has 1 rings (SSSR count). The zero-order valence-electron chi connectivity index (χ0n) is 9.50. The summed E-state index contributed by atoms with van der Waals surface area (Å²) in [5.41, 5.74) is 1.27. The van der Waals surface area contributed by atoms with Gasteiger partial charge in [0.1, 0.15) is 0 Å². The molecule has 1 fully saturated rings. The molecule has 1 atom stereocenters. The second-order valence-corrected chi connectivity index (χ2v) is 4.63. The third-order valence-electron chi connectivity index (χ3n) is 3.17. The van der Waals surface area contributed by atoms with Crippen LogP contribution >= 0.6 is 0 Å². The van der Waals surface area contributed by atoms with Crippen LogP contribution in [0.15, 0.2) is 12.2 Å². The predicted molar refractivity (Wildman–Crippen MR) is 60.3 cm³/mol. The van der Waals surface area contributed by atoms with E-state index in [1.54, 1.807) is 0 Å². The molecule has 0 radical (unpaired) electrons. The average Bonchev–Trinajstić information content (AvgIpc) is 2.15. The van der Waals surface area contributed by atoms with Gasteiger partial charge in [0, 0.05) is 6.54 Å². The summed E-state index contributed by atoms with van der Waals surface area (Å²) in [6.07, 6.45) is 3.28. The molecule has 0 bridgehead atoms. The number of likely N-dealkylation sites (tertiary alicyclic amines) is 1. The van der Waals surface area contributed by atoms with Gasteiger partial charge in [-0.1, -0.05) is 5.57 Å². The van der Waals surface area contributed by atoms with Crippen molar-refractivity contribution < 1.29 is 5.11 Å². The molecule has 14 heavy (non-hydrogen) atoms. The number of hydrogen-bond donors (Lipinski definition) is 1. The molecule has 0 amide bonds. The molecule has 1 N–H and O–H groups in total. The lowest BCUT2D eigenvalue weighted by Gasteiger charge is -2.33. The predicted octanol–water partition coefficient (Wildman–Crippen LogP) is 2.05. The van der Waals surface area contributed by atoms with Crippen molar-refractivity contribution in [1.82, 2.24) is 4.90 Å². The summed E-state index contributed by atoms with van der Waals surface area (Å²) in [5.74, 6) is 0.524. The third-order valence-corrected chi connectivity index (χ3v) is 3.17. The van der Waals surface area contributed by atoms with Crippen LogP contribution in [0.5, 0.6) is 0 Å². The maximum atomic E-state index is 9.45. The summed E-state index contributed by atoms with van der Waals surface area (Å²) < 4.78 is 0. The molecule has 0 spiro atoms. The normalized spacial score (nSPS) is 22.2. The first-order valence-corrected chi connectivity index (χ1v) is 5.64. The highest BCUT2D eigenvalue weighted by atomic mass is 16.3. The Morgan fingerprint density at radius 3 is 2.50 bits per heavy atom. The highest BCUT2D eigenvalue weighted by Gasteiger charge is 2.21. The van der Waals surface area contributed by atoms with Crippen LogP contribution in [0.4, 0.5) is 0 Å². The minimum atomic E-state index is -0.127. The molecule has 1 unspecified atom stereocenters. The van der Waals surface area contributed by atoms with Crippen LogP contribution in [0.3, 0.4) is 0 Å². The summed E-state index contributed by atoms with van der Waals surface area (Å²) in [6, 6.07) is 0. The molecule has 82 valence electrons. The van der Waals surface area contributed by atoms with E-state index >= 15 is 0 Å². The van der Waals surface area contributed by atoms with E-state index in [0.717, 1.165) is 38.9 Å². The van der Waals surface area contributed by atoms with E-state index in [0.29, 0.717) is 5.92 Å². The van der Waals surface area contributed by atoms with E-state index in [-0.39, 0.29) is 6.10 Å². The molecule has 2 nitrogen and oxygen atoms in total. The Balaban J connectivity index is 2.19. The van der Waals surface area contributed by atoms with Crippen LogP contribution in [0, 0.1) is 5.92 Å². The molecular weight excluding hydrogens is 174 g/mol. The van der Waals surface area contributed by atoms with Crippen LogP contribution in [0.2, 0.25) is 0 Å². The van der Waals surface area contributed by atoms with Gasteiger partial charge in [0.05, 0.1) is 6.10 Å². The largest absolute Gasteiger partial charge is 0.393 e. The van der Waals surface area contributed by atoms with Gasteiger partial charge >= 0.3 is 0 Å². The maximum Gasteiger partial charge on any atom is 0.0541 e. The van der Waals surface area contributed by atoms with E-state index in [4.69, 9.17) is 0 Å². The van der Waals surface area contributed by atoms with Crippen molar-refractivity contribution >= 4 is 0 Å². The van der Waals surface area contributed by atoms with Crippen molar-refractivity contribution in [3.05, 3.63) is 12.2 Å². The van der Waals surface area contributed by atoms with Gasteiger partial charge in [0.2, 0.25) is 0 Å². The molecule has 0 aromatic rings. The molecular formula is C12H23NO. The molecule has 2 heteroatoms. The second-order valence-electron chi connectivity index (χ2n) is 4.63. The van der Waals surface area contributed by atoms with E-state index in [9.17, 15) is 5.11 Å². The fourth-order valence-corrected chi connectivity index (χ4v) is 2.01. The molecule has 0 saturated carbocycles. The minimum absolute atomic E-state index is 0.127. The zero-order valence-corrected chi connectivity index (χ0v) is 9.50. The van der Waals surface area contributed by atoms with Crippen molar-refractivity contribution in [2.75, 3.05) is 19.6 Å². The molecule has 0 aromatic heterocycles. The van der Waals surface area contributed by atoms with Gasteiger partial charge in [-0.25, -0.2) is 0 Å². The minimum Gasteiger partial charge on any atom is -0.393 e. The first-order chi connectivity index (χ1) is 6.59. The monoisotopic (exact) mass is 197 g/mol. The highest BCUT2D eigenvalue weighted by molar-refractivity contribution is 4.89. The van der Waals surface area contributed by atoms with E-state index in [2.05, 4.69) is 18.4 Å². The van der Waals surface area contributed by atoms with Gasteiger partial charge in [-0.15, -0.1) is 6.58 Å². The van der Waals surface area contributed by atoms with Crippen molar-refractivity contribution in [3.63, 3.8) is 0 Å². The summed E-state index contributed by atoms with van der Waals surface area (Å²) in [7, 11) is 0. The lowest BCUT2D eigenvalue weighted by molar-refractivity contribution is 0.0723. The molecule has 0 aliphatic carbocycles. The molecule has 1 aliphatic rings. The number of hydrogen-bond acceptors (Lipinski definition) is 2. The average molecular weight is 197 g/mol. The van der Waals surface area contributed by atoms with E-state index in [1.165, 1.54) is 5.57 Å². The van der Waals surface area contributed by atoms with Gasteiger partial charge in [0.25, 0.3) is 0 Å². The summed E-state index contributed by atoms with van der Waals surface area (Å²) in [4.78, 5) is 2.48. The first-order valence-electron chi connectivity index (χ1n) is 5.64. The Hall–Kier alpha value is -0.340. The zero-order chi connectivity index (χ0) is 10.6. The van der Waals surface area contributed by atoms with Crippen LogP contribution in [-0.4, -0.2) is 35.7 Å². The Morgan fingerprint density at radius 1 is 1.50 bits per heavy atom. The number of aliphatic hydroxyl groups excluding tert-OH is 1. The van der Waals surface area contributed by atoms with Gasteiger partial charge < -0.3 is 10.0 Å².